The van der Waals surface area contributed by atoms with E-state index in [1.165, 1.54) is 50.6 Å². The van der Waals surface area contributed by atoms with Crippen LogP contribution in [0, 0.1) is 0 Å². The number of benzene rings is 2. The summed E-state index contributed by atoms with van der Waals surface area (Å²) in [5.74, 6) is -0.975. The smallest absolute Gasteiger partial charge is 0.497 e. The van der Waals surface area contributed by atoms with Crippen molar-refractivity contribution in [1.29, 1.82) is 0 Å². The van der Waals surface area contributed by atoms with Gasteiger partial charge in [-0.3, -0.25) is 14.4 Å². The van der Waals surface area contributed by atoms with Gasteiger partial charge in [0.1, 0.15) is 17.6 Å². The third-order valence-electron chi connectivity index (χ3n) is 4.69. The van der Waals surface area contributed by atoms with Crippen LogP contribution in [0.4, 0.5) is 4.79 Å². The van der Waals surface area contributed by atoms with E-state index in [-0.39, 0.29) is 17.7 Å². The summed E-state index contributed by atoms with van der Waals surface area (Å²) >= 11 is 0. The number of imide groups is 1. The molecule has 170 valence electrons. The van der Waals surface area contributed by atoms with Gasteiger partial charge in [0.05, 0.1) is 24.9 Å². The predicted molar refractivity (Wildman–Crippen MR) is 109 cm³/mol. The fourth-order valence-electron chi connectivity index (χ4n) is 2.97. The molecule has 0 saturated carbocycles. The van der Waals surface area contributed by atoms with Gasteiger partial charge in [-0.05, 0) is 42.0 Å². The van der Waals surface area contributed by atoms with Crippen LogP contribution in [0.5, 0.6) is 11.5 Å². The quantitative estimate of drug-likeness (QED) is 0.428. The van der Waals surface area contributed by atoms with Crippen LogP contribution in [-0.4, -0.2) is 51.4 Å². The number of nitrogens with zero attached hydrogens (tertiary/aromatic N) is 1. The Morgan fingerprint density at radius 1 is 0.906 bits per heavy atom. The van der Waals surface area contributed by atoms with Gasteiger partial charge in [0.2, 0.25) is 0 Å². The van der Waals surface area contributed by atoms with Crippen molar-refractivity contribution in [2.45, 2.75) is 23.8 Å². The van der Waals surface area contributed by atoms with Gasteiger partial charge >= 0.3 is 6.16 Å². The highest BCUT2D eigenvalue weighted by atomic mass is 32.2. The van der Waals surface area contributed by atoms with E-state index in [4.69, 9.17) is 19.0 Å². The molecule has 0 radical (unpaired) electrons. The van der Waals surface area contributed by atoms with E-state index >= 15 is 0 Å². The van der Waals surface area contributed by atoms with Crippen LogP contribution in [0.2, 0.25) is 0 Å². The highest BCUT2D eigenvalue weighted by Gasteiger charge is 2.35. The maximum Gasteiger partial charge on any atom is 0.534 e. The first-order chi connectivity index (χ1) is 15.2. The zero-order valence-corrected chi connectivity index (χ0v) is 18.2. The Bertz CT molecular complexity index is 1080. The molecular weight excluding hydrogens is 442 g/mol. The van der Waals surface area contributed by atoms with Crippen molar-refractivity contribution in [3.8, 4) is 11.5 Å². The van der Waals surface area contributed by atoms with E-state index in [1.807, 2.05) is 0 Å². The molecule has 10 nitrogen and oxygen atoms in total. The number of rotatable bonds is 8. The number of carbonyl (C=O) groups excluding carboxylic acids is 3. The number of hydrogen-bond acceptors (Lipinski definition) is 9. The topological polar surface area (TPSA) is 126 Å². The lowest BCUT2D eigenvalue weighted by atomic mass is 10.1. The van der Waals surface area contributed by atoms with Crippen molar-refractivity contribution in [3.05, 3.63) is 54.1 Å². The molecule has 32 heavy (non-hydrogen) atoms. The summed E-state index contributed by atoms with van der Waals surface area (Å²) in [4.78, 5) is 40.3. The Morgan fingerprint density at radius 3 is 1.91 bits per heavy atom. The van der Waals surface area contributed by atoms with Gasteiger partial charge in [0, 0.05) is 12.8 Å². The Labute approximate surface area is 184 Å². The largest absolute Gasteiger partial charge is 0.534 e. The van der Waals surface area contributed by atoms with Crippen molar-refractivity contribution in [2.24, 2.45) is 0 Å². The molecule has 1 saturated heterocycles. The summed E-state index contributed by atoms with van der Waals surface area (Å²) in [5.41, 5.74) is 0.346. The highest BCUT2D eigenvalue weighted by molar-refractivity contribution is 7.91. The molecule has 1 atom stereocenters. The number of hydrogen-bond donors (Lipinski definition) is 0. The molecule has 0 bridgehead atoms. The van der Waals surface area contributed by atoms with E-state index < -0.39 is 39.7 Å². The van der Waals surface area contributed by atoms with Crippen LogP contribution in [0.3, 0.4) is 0 Å². The maximum absolute atomic E-state index is 13.0. The number of methoxy groups -OCH3 is 2. The van der Waals surface area contributed by atoms with Crippen LogP contribution in [-0.2, 0) is 29.0 Å². The van der Waals surface area contributed by atoms with Crippen LogP contribution < -0.4 is 9.47 Å². The van der Waals surface area contributed by atoms with Gasteiger partial charge in [0.15, 0.2) is 9.84 Å². The Balaban J connectivity index is 1.83. The normalized spacial score (nSPS) is 14.8. The number of ether oxygens (including phenoxy) is 3. The summed E-state index contributed by atoms with van der Waals surface area (Å²) in [6.45, 7) is 0. The molecule has 0 aliphatic carbocycles. The maximum atomic E-state index is 13.0. The molecule has 1 heterocycles. The standard InChI is InChI=1S/C21H21NO9S/c1-28-15-5-3-14(4-6-15)18(30-21(25)31-22-19(23)11-12-20(22)24)13-32(26,27)17-9-7-16(29-2)8-10-17/h3-10,18H,11-13H2,1-2H3. The lowest BCUT2D eigenvalue weighted by molar-refractivity contribution is -0.178. The lowest BCUT2D eigenvalue weighted by Gasteiger charge is -2.20. The summed E-state index contributed by atoms with van der Waals surface area (Å²) in [7, 11) is -0.982. The van der Waals surface area contributed by atoms with Crippen molar-refractivity contribution < 1.29 is 41.8 Å². The van der Waals surface area contributed by atoms with Crippen molar-refractivity contribution in [1.82, 2.24) is 5.06 Å². The molecule has 0 aromatic heterocycles. The van der Waals surface area contributed by atoms with Crippen LogP contribution in [0.15, 0.2) is 53.4 Å². The molecule has 11 heteroatoms. The van der Waals surface area contributed by atoms with E-state index in [2.05, 4.69) is 0 Å². The van der Waals surface area contributed by atoms with Gasteiger partial charge in [-0.15, -0.1) is 0 Å². The molecule has 1 unspecified atom stereocenters. The monoisotopic (exact) mass is 463 g/mol. The number of hydroxylamine groups is 2. The van der Waals surface area contributed by atoms with Crippen molar-refractivity contribution in [3.63, 3.8) is 0 Å². The summed E-state index contributed by atoms with van der Waals surface area (Å²) in [6, 6.07) is 12.0. The Morgan fingerprint density at radius 2 is 1.41 bits per heavy atom. The minimum atomic E-state index is -3.91. The minimum absolute atomic E-state index is 0.00122. The SMILES string of the molecule is COc1ccc(C(CS(=O)(=O)c2ccc(OC)cc2)OC(=O)ON2C(=O)CCC2=O)cc1. The molecule has 1 aliphatic rings. The fourth-order valence-corrected chi connectivity index (χ4v) is 4.37. The van der Waals surface area contributed by atoms with Crippen molar-refractivity contribution >= 4 is 27.8 Å². The molecule has 0 spiro atoms. The number of carbonyl (C=O) groups is 3. The Hall–Kier alpha value is -3.60. The molecule has 2 aromatic carbocycles. The first kappa shape index (κ1) is 23.1. The van der Waals surface area contributed by atoms with E-state index in [0.717, 1.165) is 0 Å². The first-order valence-corrected chi connectivity index (χ1v) is 11.1. The van der Waals surface area contributed by atoms with Gasteiger partial charge in [0.25, 0.3) is 11.8 Å². The average Bonchev–Trinajstić information content (AvgIpc) is 3.10. The van der Waals surface area contributed by atoms with Gasteiger partial charge in [-0.2, -0.15) is 0 Å². The molecule has 1 fully saturated rings. The average molecular weight is 463 g/mol. The van der Waals surface area contributed by atoms with Crippen LogP contribution >= 0.6 is 0 Å². The molecular formula is C21H21NO9S. The zero-order chi connectivity index (χ0) is 23.3. The van der Waals surface area contributed by atoms with Crippen LogP contribution in [0.1, 0.15) is 24.5 Å². The molecule has 3 rings (SSSR count). The van der Waals surface area contributed by atoms with E-state index in [9.17, 15) is 22.8 Å². The summed E-state index contributed by atoms with van der Waals surface area (Å²) in [5, 5.41) is 0.325. The minimum Gasteiger partial charge on any atom is -0.497 e. The number of sulfone groups is 1. The van der Waals surface area contributed by atoms with Gasteiger partial charge < -0.3 is 14.2 Å². The Kier molecular flexibility index (Phi) is 6.98. The second-order valence-electron chi connectivity index (χ2n) is 6.76. The second kappa shape index (κ2) is 9.69. The third-order valence-corrected chi connectivity index (χ3v) is 6.42. The van der Waals surface area contributed by atoms with Gasteiger partial charge in [-0.1, -0.05) is 17.2 Å². The molecule has 2 amide bonds. The summed E-state index contributed by atoms with van der Waals surface area (Å²) in [6.07, 6.45) is -2.83. The predicted octanol–water partition coefficient (Wildman–Crippen LogP) is 2.44. The lowest BCUT2D eigenvalue weighted by Crippen LogP contribution is -2.33. The van der Waals surface area contributed by atoms with E-state index in [1.54, 1.807) is 12.1 Å². The fraction of sp³-hybridized carbons (Fsp3) is 0.286. The number of amides is 2. The van der Waals surface area contributed by atoms with Crippen LogP contribution in [0.25, 0.3) is 0 Å². The zero-order valence-electron chi connectivity index (χ0n) is 17.3. The summed E-state index contributed by atoms with van der Waals surface area (Å²) < 4.78 is 41.2. The first-order valence-electron chi connectivity index (χ1n) is 9.48. The highest BCUT2D eigenvalue weighted by Crippen LogP contribution is 2.27. The molecule has 1 aliphatic heterocycles. The van der Waals surface area contributed by atoms with E-state index in [0.29, 0.717) is 22.1 Å². The second-order valence-corrected chi connectivity index (χ2v) is 8.79. The van der Waals surface area contributed by atoms with Crippen molar-refractivity contribution in [2.75, 3.05) is 20.0 Å². The van der Waals surface area contributed by atoms with Gasteiger partial charge in [-0.25, -0.2) is 13.2 Å². The molecule has 2 aromatic rings. The third kappa shape index (κ3) is 5.35. The molecule has 0 N–H and O–H groups in total.